The van der Waals surface area contributed by atoms with Crippen LogP contribution in [-0.2, 0) is 6.54 Å². The van der Waals surface area contributed by atoms with Crippen LogP contribution in [0, 0.1) is 0 Å². The van der Waals surface area contributed by atoms with Crippen molar-refractivity contribution in [3.8, 4) is 0 Å². The highest BCUT2D eigenvalue weighted by Gasteiger charge is 2.08. The van der Waals surface area contributed by atoms with Gasteiger partial charge >= 0.3 is 0 Å². The third-order valence-corrected chi connectivity index (χ3v) is 3.76. The van der Waals surface area contributed by atoms with E-state index in [1.54, 1.807) is 0 Å². The lowest BCUT2D eigenvalue weighted by Gasteiger charge is -2.02. The number of para-hydroxylation sites is 1. The van der Waals surface area contributed by atoms with Gasteiger partial charge in [0.25, 0.3) is 0 Å². The number of rotatable bonds is 4. The maximum Gasteiger partial charge on any atom is 0.0491 e. The summed E-state index contributed by atoms with van der Waals surface area (Å²) in [4.78, 5) is 0. The van der Waals surface area contributed by atoms with E-state index < -0.39 is 0 Å². The lowest BCUT2D eigenvalue weighted by atomic mass is 10.1. The molecule has 0 spiro atoms. The molecule has 20 heavy (non-hydrogen) atoms. The number of aryl methyl sites for hydroxylation is 1. The predicted octanol–water partition coefficient (Wildman–Crippen LogP) is 4.18. The van der Waals surface area contributed by atoms with Crippen LogP contribution in [0.25, 0.3) is 27.9 Å². The van der Waals surface area contributed by atoms with Gasteiger partial charge in [0, 0.05) is 28.4 Å². The highest BCUT2D eigenvalue weighted by molar-refractivity contribution is 6.08. The van der Waals surface area contributed by atoms with Crippen molar-refractivity contribution < 1.29 is 0 Å². The minimum Gasteiger partial charge on any atom is -0.341 e. The van der Waals surface area contributed by atoms with Gasteiger partial charge in [-0.3, -0.25) is 0 Å². The van der Waals surface area contributed by atoms with Crippen molar-refractivity contribution in [2.24, 2.45) is 5.73 Å². The van der Waals surface area contributed by atoms with E-state index in [0.29, 0.717) is 6.54 Å². The SMILES string of the molecule is CCn1c2ccccc2c2cc(C=CCCN)ccc21. The molecule has 0 amide bonds. The Morgan fingerprint density at radius 1 is 1.05 bits per heavy atom. The standard InChI is InChI=1S/C18H20N2/c1-2-20-17-9-4-3-8-15(17)16-13-14(7-5-6-12-19)10-11-18(16)20/h3-5,7-11,13H,2,6,12,19H2,1H3. The normalized spacial score (nSPS) is 11.9. The zero-order chi connectivity index (χ0) is 13.9. The molecule has 1 aromatic heterocycles. The molecular weight excluding hydrogens is 244 g/mol. The molecule has 2 nitrogen and oxygen atoms in total. The number of nitrogens with zero attached hydrogens (tertiary/aromatic N) is 1. The first-order valence-corrected chi connectivity index (χ1v) is 7.22. The second-order valence-corrected chi connectivity index (χ2v) is 5.02. The Bertz CT molecular complexity index is 766. The molecule has 0 unspecified atom stereocenters. The van der Waals surface area contributed by atoms with Crippen molar-refractivity contribution in [3.05, 3.63) is 54.1 Å². The lowest BCUT2D eigenvalue weighted by molar-refractivity contribution is 0.827. The summed E-state index contributed by atoms with van der Waals surface area (Å²) in [6.07, 6.45) is 5.22. The summed E-state index contributed by atoms with van der Waals surface area (Å²) < 4.78 is 2.37. The molecule has 3 rings (SSSR count). The molecule has 2 aromatic carbocycles. The highest BCUT2D eigenvalue weighted by Crippen LogP contribution is 2.29. The summed E-state index contributed by atoms with van der Waals surface area (Å²) in [6, 6.07) is 15.3. The van der Waals surface area contributed by atoms with Crippen molar-refractivity contribution >= 4 is 27.9 Å². The van der Waals surface area contributed by atoms with E-state index in [2.05, 4.69) is 66.1 Å². The number of fused-ring (bicyclic) bond motifs is 3. The largest absolute Gasteiger partial charge is 0.341 e. The van der Waals surface area contributed by atoms with Crippen LogP contribution >= 0.6 is 0 Å². The lowest BCUT2D eigenvalue weighted by Crippen LogP contribution is -1.95. The van der Waals surface area contributed by atoms with Crippen LogP contribution in [0.1, 0.15) is 18.9 Å². The van der Waals surface area contributed by atoms with Gasteiger partial charge in [0.2, 0.25) is 0 Å². The predicted molar refractivity (Wildman–Crippen MR) is 87.8 cm³/mol. The number of hydrogen-bond donors (Lipinski definition) is 1. The molecular formula is C18H20N2. The van der Waals surface area contributed by atoms with Gasteiger partial charge in [-0.1, -0.05) is 36.4 Å². The van der Waals surface area contributed by atoms with Crippen LogP contribution in [0.15, 0.2) is 48.5 Å². The van der Waals surface area contributed by atoms with Crippen LogP contribution in [-0.4, -0.2) is 11.1 Å². The third kappa shape index (κ3) is 2.12. The van der Waals surface area contributed by atoms with Crippen molar-refractivity contribution in [3.63, 3.8) is 0 Å². The fourth-order valence-corrected chi connectivity index (χ4v) is 2.83. The average Bonchev–Trinajstić information content (AvgIpc) is 2.81. The molecule has 2 N–H and O–H groups in total. The molecule has 1 heterocycles. The van der Waals surface area contributed by atoms with Crippen LogP contribution < -0.4 is 5.73 Å². The molecule has 0 aliphatic heterocycles. The smallest absolute Gasteiger partial charge is 0.0491 e. The summed E-state index contributed by atoms with van der Waals surface area (Å²) >= 11 is 0. The summed E-state index contributed by atoms with van der Waals surface area (Å²) in [6.45, 7) is 3.89. The Morgan fingerprint density at radius 3 is 2.65 bits per heavy atom. The molecule has 2 heteroatoms. The third-order valence-electron chi connectivity index (χ3n) is 3.76. The average molecular weight is 264 g/mol. The minimum atomic E-state index is 0.702. The Hall–Kier alpha value is -2.06. The summed E-state index contributed by atoms with van der Waals surface area (Å²) in [5, 5.41) is 2.66. The van der Waals surface area contributed by atoms with Gasteiger partial charge in [0.05, 0.1) is 0 Å². The molecule has 3 aromatic rings. The van der Waals surface area contributed by atoms with Crippen LogP contribution in [0.2, 0.25) is 0 Å². The topological polar surface area (TPSA) is 30.9 Å². The monoisotopic (exact) mass is 264 g/mol. The molecule has 0 aliphatic carbocycles. The van der Waals surface area contributed by atoms with E-state index >= 15 is 0 Å². The zero-order valence-electron chi connectivity index (χ0n) is 11.8. The zero-order valence-corrected chi connectivity index (χ0v) is 11.8. The van der Waals surface area contributed by atoms with Gasteiger partial charge in [0.15, 0.2) is 0 Å². The van der Waals surface area contributed by atoms with E-state index in [-0.39, 0.29) is 0 Å². The highest BCUT2D eigenvalue weighted by atomic mass is 15.0. The molecule has 0 saturated carbocycles. The fraction of sp³-hybridized carbons (Fsp3) is 0.222. The maximum absolute atomic E-state index is 5.52. The Balaban J connectivity index is 2.21. The molecule has 0 fully saturated rings. The van der Waals surface area contributed by atoms with E-state index in [1.807, 2.05) is 0 Å². The van der Waals surface area contributed by atoms with Crippen molar-refractivity contribution in [1.29, 1.82) is 0 Å². The van der Waals surface area contributed by atoms with E-state index in [0.717, 1.165) is 13.0 Å². The van der Waals surface area contributed by atoms with Gasteiger partial charge in [-0.25, -0.2) is 0 Å². The molecule has 0 radical (unpaired) electrons. The first-order valence-electron chi connectivity index (χ1n) is 7.22. The fourth-order valence-electron chi connectivity index (χ4n) is 2.83. The molecule has 0 saturated heterocycles. The van der Waals surface area contributed by atoms with Gasteiger partial charge in [-0.15, -0.1) is 0 Å². The quantitative estimate of drug-likeness (QED) is 0.753. The number of aromatic nitrogens is 1. The van der Waals surface area contributed by atoms with E-state index in [1.165, 1.54) is 27.4 Å². The van der Waals surface area contributed by atoms with Gasteiger partial charge < -0.3 is 10.3 Å². The second kappa shape index (κ2) is 5.51. The molecule has 0 bridgehead atoms. The molecule has 0 aliphatic rings. The molecule has 102 valence electrons. The molecule has 0 atom stereocenters. The van der Waals surface area contributed by atoms with E-state index in [9.17, 15) is 0 Å². The number of benzene rings is 2. The Labute approximate surface area is 119 Å². The maximum atomic E-state index is 5.52. The Morgan fingerprint density at radius 2 is 1.85 bits per heavy atom. The van der Waals surface area contributed by atoms with Crippen molar-refractivity contribution in [2.75, 3.05) is 6.54 Å². The van der Waals surface area contributed by atoms with Crippen LogP contribution in [0.4, 0.5) is 0 Å². The second-order valence-electron chi connectivity index (χ2n) is 5.02. The van der Waals surface area contributed by atoms with Crippen molar-refractivity contribution in [1.82, 2.24) is 4.57 Å². The van der Waals surface area contributed by atoms with Gasteiger partial charge in [-0.2, -0.15) is 0 Å². The van der Waals surface area contributed by atoms with Gasteiger partial charge in [0.1, 0.15) is 0 Å². The first kappa shape index (κ1) is 12.9. The van der Waals surface area contributed by atoms with Crippen molar-refractivity contribution in [2.45, 2.75) is 19.9 Å². The first-order chi connectivity index (χ1) is 9.85. The summed E-state index contributed by atoms with van der Waals surface area (Å²) in [5.74, 6) is 0. The van der Waals surface area contributed by atoms with Gasteiger partial charge in [-0.05, 0) is 43.7 Å². The van der Waals surface area contributed by atoms with Crippen LogP contribution in [0.5, 0.6) is 0 Å². The van der Waals surface area contributed by atoms with Crippen LogP contribution in [0.3, 0.4) is 0 Å². The minimum absolute atomic E-state index is 0.702. The summed E-state index contributed by atoms with van der Waals surface area (Å²) in [7, 11) is 0. The number of nitrogens with two attached hydrogens (primary N) is 1. The Kier molecular flexibility index (Phi) is 3.57. The van der Waals surface area contributed by atoms with E-state index in [4.69, 9.17) is 5.73 Å². The summed E-state index contributed by atoms with van der Waals surface area (Å²) in [5.41, 5.74) is 9.39. The number of hydrogen-bond acceptors (Lipinski definition) is 1.